The predicted molar refractivity (Wildman–Crippen MR) is 92.5 cm³/mol. The summed E-state index contributed by atoms with van der Waals surface area (Å²) >= 11 is 0. The molecule has 136 valence electrons. The van der Waals surface area contributed by atoms with Gasteiger partial charge in [-0.15, -0.1) is 0 Å². The number of ether oxygens (including phenoxy) is 2. The third-order valence-electron chi connectivity index (χ3n) is 4.30. The number of aromatic amines is 2. The van der Waals surface area contributed by atoms with Crippen molar-refractivity contribution in [2.45, 2.75) is 5.92 Å². The van der Waals surface area contributed by atoms with Crippen molar-refractivity contribution in [3.05, 3.63) is 62.4 Å². The van der Waals surface area contributed by atoms with Gasteiger partial charge in [-0.1, -0.05) is 12.6 Å². The van der Waals surface area contributed by atoms with Crippen molar-refractivity contribution < 1.29 is 19.4 Å². The molecule has 1 aliphatic heterocycles. The average Bonchev–Trinajstić information content (AvgIpc) is 2.60. The average molecular weight is 359 g/mol. The highest BCUT2D eigenvalue weighted by atomic mass is 16.5. The molecule has 3 rings (SSSR count). The van der Waals surface area contributed by atoms with E-state index >= 15 is 0 Å². The predicted octanol–water partition coefficient (Wildman–Crippen LogP) is 0.638. The number of methoxy groups -OCH3 is 2. The van der Waals surface area contributed by atoms with Crippen molar-refractivity contribution in [2.75, 3.05) is 19.5 Å². The Balaban J connectivity index is 2.30. The fourth-order valence-electron chi connectivity index (χ4n) is 3.15. The number of carbonyl (C=O) groups excluding carboxylic acids is 1. The van der Waals surface area contributed by atoms with Gasteiger partial charge in [0.15, 0.2) is 11.5 Å². The van der Waals surface area contributed by atoms with Gasteiger partial charge in [-0.2, -0.15) is 0 Å². The summed E-state index contributed by atoms with van der Waals surface area (Å²) in [6.45, 7) is 3.83. The van der Waals surface area contributed by atoms with Crippen molar-refractivity contribution in [3.63, 3.8) is 0 Å². The molecule has 0 unspecified atom stereocenters. The molecule has 1 aromatic heterocycles. The van der Waals surface area contributed by atoms with Gasteiger partial charge in [0.05, 0.1) is 19.8 Å². The molecule has 2 atom stereocenters. The third-order valence-corrected chi connectivity index (χ3v) is 4.30. The minimum Gasteiger partial charge on any atom is -0.504 e. The van der Waals surface area contributed by atoms with E-state index in [2.05, 4.69) is 21.9 Å². The van der Waals surface area contributed by atoms with Crippen molar-refractivity contribution in [2.24, 2.45) is 5.92 Å². The van der Waals surface area contributed by atoms with E-state index in [4.69, 9.17) is 9.47 Å². The van der Waals surface area contributed by atoms with Crippen molar-refractivity contribution in [3.8, 4) is 11.5 Å². The standard InChI is InChI=1S/C17H17N3O6/c1-7-11(16(23)26-3)12(8-4-5-9(21)10(6-8)25-2)13-14(18-7)19-17(24)20-15(13)22/h4-6,11-12,21H,1H2,2-3H3,(H3,18,19,20,22,24)/t11-,12-/m0/s1. The van der Waals surface area contributed by atoms with Gasteiger partial charge < -0.3 is 19.9 Å². The van der Waals surface area contributed by atoms with Crippen LogP contribution in [0.25, 0.3) is 0 Å². The molecule has 0 saturated heterocycles. The summed E-state index contributed by atoms with van der Waals surface area (Å²) in [5.74, 6) is -2.08. The van der Waals surface area contributed by atoms with Gasteiger partial charge >= 0.3 is 11.7 Å². The number of nitrogens with one attached hydrogen (secondary N) is 3. The maximum Gasteiger partial charge on any atom is 0.327 e. The van der Waals surface area contributed by atoms with E-state index in [0.29, 0.717) is 5.56 Å². The highest BCUT2D eigenvalue weighted by molar-refractivity contribution is 5.81. The van der Waals surface area contributed by atoms with Crippen molar-refractivity contribution >= 4 is 11.8 Å². The number of phenolic OH excluding ortho intramolecular Hbond substituents is 1. The number of esters is 1. The van der Waals surface area contributed by atoms with Crippen LogP contribution in [0.5, 0.6) is 11.5 Å². The fourth-order valence-corrected chi connectivity index (χ4v) is 3.15. The van der Waals surface area contributed by atoms with Gasteiger partial charge in [0.2, 0.25) is 0 Å². The maximum atomic E-state index is 12.5. The summed E-state index contributed by atoms with van der Waals surface area (Å²) in [7, 11) is 2.62. The van der Waals surface area contributed by atoms with E-state index < -0.39 is 29.1 Å². The first-order valence-corrected chi connectivity index (χ1v) is 7.64. The van der Waals surface area contributed by atoms with E-state index in [9.17, 15) is 19.5 Å². The summed E-state index contributed by atoms with van der Waals surface area (Å²) in [6, 6.07) is 4.47. The molecule has 1 aromatic carbocycles. The Hall–Kier alpha value is -3.49. The van der Waals surface area contributed by atoms with E-state index in [1.54, 1.807) is 6.07 Å². The van der Waals surface area contributed by atoms with Gasteiger partial charge in [0.25, 0.3) is 5.56 Å². The van der Waals surface area contributed by atoms with Crippen LogP contribution < -0.4 is 21.3 Å². The highest BCUT2D eigenvalue weighted by Gasteiger charge is 2.41. The van der Waals surface area contributed by atoms with Crippen LogP contribution >= 0.6 is 0 Å². The molecule has 0 bridgehead atoms. The molecule has 2 aromatic rings. The van der Waals surface area contributed by atoms with Gasteiger partial charge in [0.1, 0.15) is 11.7 Å². The van der Waals surface area contributed by atoms with Crippen LogP contribution in [0.4, 0.5) is 5.82 Å². The SMILES string of the molecule is C=C1Nc2[nH]c(=O)[nH]c(=O)c2[C@@H](c2ccc(O)c(OC)c2)[C@H]1C(=O)OC. The zero-order valence-corrected chi connectivity index (χ0v) is 14.1. The second-order valence-electron chi connectivity index (χ2n) is 5.76. The van der Waals surface area contributed by atoms with Crippen molar-refractivity contribution in [1.29, 1.82) is 0 Å². The Morgan fingerprint density at radius 3 is 2.62 bits per heavy atom. The molecule has 9 heteroatoms. The molecule has 1 aliphatic rings. The Bertz CT molecular complexity index is 1010. The lowest BCUT2D eigenvalue weighted by molar-refractivity contribution is -0.144. The first-order valence-electron chi connectivity index (χ1n) is 7.64. The molecule has 0 saturated carbocycles. The number of hydrogen-bond acceptors (Lipinski definition) is 7. The van der Waals surface area contributed by atoms with Crippen LogP contribution in [0.1, 0.15) is 17.0 Å². The summed E-state index contributed by atoms with van der Waals surface area (Å²) in [4.78, 5) is 41.1. The molecule has 0 aliphatic carbocycles. The van der Waals surface area contributed by atoms with E-state index in [1.807, 2.05) is 0 Å². The number of anilines is 1. The van der Waals surface area contributed by atoms with Crippen LogP contribution in [0.3, 0.4) is 0 Å². The summed E-state index contributed by atoms with van der Waals surface area (Å²) in [5.41, 5.74) is -0.401. The molecule has 0 radical (unpaired) electrons. The smallest absolute Gasteiger partial charge is 0.327 e. The number of rotatable bonds is 3. The van der Waals surface area contributed by atoms with E-state index in [1.165, 1.54) is 26.4 Å². The second kappa shape index (κ2) is 6.43. The molecule has 26 heavy (non-hydrogen) atoms. The number of benzene rings is 1. The molecule has 9 nitrogen and oxygen atoms in total. The quantitative estimate of drug-likeness (QED) is 0.591. The third kappa shape index (κ3) is 2.73. The van der Waals surface area contributed by atoms with Crippen LogP contribution in [0.15, 0.2) is 40.1 Å². The first kappa shape index (κ1) is 17.3. The fraction of sp³-hybridized carbons (Fsp3) is 0.235. The largest absolute Gasteiger partial charge is 0.504 e. The number of aromatic hydroxyl groups is 1. The molecule has 4 N–H and O–H groups in total. The van der Waals surface area contributed by atoms with Gasteiger partial charge in [-0.05, 0) is 17.7 Å². The highest BCUT2D eigenvalue weighted by Crippen LogP contribution is 2.43. The molecule has 2 heterocycles. The van der Waals surface area contributed by atoms with Gasteiger partial charge in [-0.3, -0.25) is 19.6 Å². The maximum absolute atomic E-state index is 12.5. The van der Waals surface area contributed by atoms with Crippen LogP contribution in [0.2, 0.25) is 0 Å². The molecule has 0 amide bonds. The Labute approximate surface area is 147 Å². The topological polar surface area (TPSA) is 134 Å². The number of hydrogen-bond donors (Lipinski definition) is 4. The van der Waals surface area contributed by atoms with Crippen molar-refractivity contribution in [1.82, 2.24) is 9.97 Å². The molecular weight excluding hydrogens is 342 g/mol. The summed E-state index contributed by atoms with van der Waals surface area (Å²) < 4.78 is 9.98. The monoisotopic (exact) mass is 359 g/mol. The normalized spacial score (nSPS) is 18.6. The van der Waals surface area contributed by atoms with Gasteiger partial charge in [0, 0.05) is 11.6 Å². The minimum absolute atomic E-state index is 0.0887. The number of phenols is 1. The number of fused-ring (bicyclic) bond motifs is 1. The van der Waals surface area contributed by atoms with Crippen LogP contribution in [-0.2, 0) is 9.53 Å². The van der Waals surface area contributed by atoms with Crippen LogP contribution in [-0.4, -0.2) is 35.3 Å². The number of carbonyl (C=O) groups is 1. The lowest BCUT2D eigenvalue weighted by Crippen LogP contribution is -2.39. The molecule has 0 spiro atoms. The lowest BCUT2D eigenvalue weighted by Gasteiger charge is -2.33. The zero-order chi connectivity index (χ0) is 19.0. The van der Waals surface area contributed by atoms with E-state index in [0.717, 1.165) is 0 Å². The molecular formula is C17H17N3O6. The second-order valence-corrected chi connectivity index (χ2v) is 5.76. The van der Waals surface area contributed by atoms with E-state index in [-0.39, 0.29) is 28.6 Å². The Morgan fingerprint density at radius 2 is 1.96 bits per heavy atom. The minimum atomic E-state index is -0.922. The first-order chi connectivity index (χ1) is 12.4. The van der Waals surface area contributed by atoms with Crippen LogP contribution in [0, 0.1) is 5.92 Å². The summed E-state index contributed by atoms with van der Waals surface area (Å²) in [5, 5.41) is 12.6. The summed E-state index contributed by atoms with van der Waals surface area (Å²) in [6.07, 6.45) is 0. The Kier molecular flexibility index (Phi) is 4.29. The Morgan fingerprint density at radius 1 is 1.23 bits per heavy atom. The number of aromatic nitrogens is 2. The number of H-pyrrole nitrogens is 2. The molecule has 0 fully saturated rings. The lowest BCUT2D eigenvalue weighted by atomic mass is 9.77. The van der Waals surface area contributed by atoms with Gasteiger partial charge in [-0.25, -0.2) is 4.79 Å². The zero-order valence-electron chi connectivity index (χ0n) is 14.1.